The van der Waals surface area contributed by atoms with Gasteiger partial charge in [-0.1, -0.05) is 11.6 Å². The molecule has 0 bridgehead atoms. The highest BCUT2D eigenvalue weighted by atomic mass is 35.5. The van der Waals surface area contributed by atoms with Crippen LogP contribution in [-0.2, 0) is 10.1 Å². The minimum Gasteiger partial charge on any atom is -0.422 e. The number of halogens is 1. The van der Waals surface area contributed by atoms with Crippen LogP contribution in [0.3, 0.4) is 0 Å². The lowest BCUT2D eigenvalue weighted by Crippen LogP contribution is -2.09. The molecule has 0 saturated carbocycles. The Kier molecular flexibility index (Phi) is 3.87. The molecular weight excluding hydrogens is 340 g/mol. The van der Waals surface area contributed by atoms with E-state index in [1.165, 1.54) is 36.4 Å². The fourth-order valence-electron chi connectivity index (χ4n) is 2.02. The molecule has 0 amide bonds. The molecule has 0 saturated heterocycles. The average molecular weight is 351 g/mol. The van der Waals surface area contributed by atoms with Gasteiger partial charge in [0.2, 0.25) is 0 Å². The first kappa shape index (κ1) is 15.6. The van der Waals surface area contributed by atoms with Crippen molar-refractivity contribution in [3.8, 4) is 5.75 Å². The quantitative estimate of drug-likeness (QED) is 0.533. The molecule has 5 nitrogen and oxygen atoms in total. The molecule has 0 spiro atoms. The van der Waals surface area contributed by atoms with Crippen LogP contribution in [0, 0.1) is 6.92 Å². The molecule has 0 aliphatic carbocycles. The van der Waals surface area contributed by atoms with Crippen LogP contribution in [0.1, 0.15) is 5.56 Å². The second-order valence-corrected chi connectivity index (χ2v) is 6.89. The summed E-state index contributed by atoms with van der Waals surface area (Å²) in [6.07, 6.45) is 0. The summed E-state index contributed by atoms with van der Waals surface area (Å²) in [5, 5.41) is 1.10. The van der Waals surface area contributed by atoms with E-state index in [4.69, 9.17) is 20.2 Å². The highest BCUT2D eigenvalue weighted by molar-refractivity contribution is 7.87. The average Bonchev–Trinajstić information content (AvgIpc) is 2.49. The van der Waals surface area contributed by atoms with E-state index in [9.17, 15) is 13.2 Å². The minimum absolute atomic E-state index is 0.0210. The van der Waals surface area contributed by atoms with Gasteiger partial charge in [0.25, 0.3) is 0 Å². The number of aryl methyl sites for hydroxylation is 1. The molecule has 2 aromatic carbocycles. The SMILES string of the molecule is Cc1cc2ccc(OS(=O)(=O)c3ccc(Cl)cc3)cc2oc1=O. The molecule has 7 heteroatoms. The van der Waals surface area contributed by atoms with Crippen molar-refractivity contribution in [2.24, 2.45) is 0 Å². The Labute approximate surface area is 137 Å². The zero-order valence-electron chi connectivity index (χ0n) is 11.9. The highest BCUT2D eigenvalue weighted by Crippen LogP contribution is 2.24. The predicted molar refractivity (Wildman–Crippen MR) is 86.5 cm³/mol. The lowest BCUT2D eigenvalue weighted by Gasteiger charge is -2.07. The Bertz CT molecular complexity index is 1040. The van der Waals surface area contributed by atoms with Crippen molar-refractivity contribution in [1.82, 2.24) is 0 Å². The van der Waals surface area contributed by atoms with Gasteiger partial charge in [-0.2, -0.15) is 8.42 Å². The van der Waals surface area contributed by atoms with Crippen LogP contribution in [0.5, 0.6) is 5.75 Å². The Hall–Kier alpha value is -2.31. The molecule has 118 valence electrons. The van der Waals surface area contributed by atoms with Gasteiger partial charge in [-0.15, -0.1) is 0 Å². The number of hydrogen-bond acceptors (Lipinski definition) is 5. The maximum atomic E-state index is 12.2. The fourth-order valence-corrected chi connectivity index (χ4v) is 3.07. The first-order valence-corrected chi connectivity index (χ1v) is 8.38. The molecule has 23 heavy (non-hydrogen) atoms. The number of fused-ring (bicyclic) bond motifs is 1. The summed E-state index contributed by atoms with van der Waals surface area (Å²) in [6.45, 7) is 1.64. The van der Waals surface area contributed by atoms with E-state index in [1.54, 1.807) is 19.1 Å². The standard InChI is InChI=1S/C16H11ClO5S/c1-10-8-11-2-5-13(9-15(11)21-16(10)18)22-23(19,20)14-6-3-12(17)4-7-14/h2-9H,1H3. The zero-order valence-corrected chi connectivity index (χ0v) is 13.5. The zero-order chi connectivity index (χ0) is 16.6. The Morgan fingerprint density at radius 3 is 2.43 bits per heavy atom. The number of hydrogen-bond donors (Lipinski definition) is 0. The van der Waals surface area contributed by atoms with Crippen molar-refractivity contribution in [3.63, 3.8) is 0 Å². The summed E-state index contributed by atoms with van der Waals surface area (Å²) in [5.41, 5.74) is 0.250. The summed E-state index contributed by atoms with van der Waals surface area (Å²) < 4.78 is 34.6. The second-order valence-electron chi connectivity index (χ2n) is 4.91. The van der Waals surface area contributed by atoms with E-state index in [-0.39, 0.29) is 16.2 Å². The molecule has 0 aliphatic rings. The van der Waals surface area contributed by atoms with Crippen LogP contribution in [0.2, 0.25) is 5.02 Å². The van der Waals surface area contributed by atoms with Crippen LogP contribution in [0.4, 0.5) is 0 Å². The summed E-state index contributed by atoms with van der Waals surface area (Å²) in [7, 11) is -4.00. The second kappa shape index (κ2) is 5.72. The van der Waals surface area contributed by atoms with Crippen molar-refractivity contribution in [3.05, 3.63) is 69.5 Å². The maximum Gasteiger partial charge on any atom is 0.339 e. The number of benzene rings is 2. The Morgan fingerprint density at radius 1 is 1.04 bits per heavy atom. The molecule has 0 radical (unpaired) electrons. The molecule has 1 aromatic heterocycles. The minimum atomic E-state index is -4.00. The molecule has 0 N–H and O–H groups in total. The Morgan fingerprint density at radius 2 is 1.74 bits per heavy atom. The first-order chi connectivity index (χ1) is 10.8. The van der Waals surface area contributed by atoms with E-state index in [0.29, 0.717) is 16.0 Å². The van der Waals surface area contributed by atoms with Crippen molar-refractivity contribution in [2.45, 2.75) is 11.8 Å². The van der Waals surface area contributed by atoms with E-state index in [0.717, 1.165) is 0 Å². The molecule has 3 aromatic rings. The fraction of sp³-hybridized carbons (Fsp3) is 0.0625. The topological polar surface area (TPSA) is 73.6 Å². The van der Waals surface area contributed by atoms with Gasteiger partial charge in [0.05, 0.1) is 0 Å². The van der Waals surface area contributed by atoms with Crippen LogP contribution in [0.25, 0.3) is 11.0 Å². The highest BCUT2D eigenvalue weighted by Gasteiger charge is 2.17. The summed E-state index contributed by atoms with van der Waals surface area (Å²) in [6, 6.07) is 11.8. The molecule has 3 rings (SSSR count). The molecule has 1 heterocycles. The summed E-state index contributed by atoms with van der Waals surface area (Å²) >= 11 is 5.74. The van der Waals surface area contributed by atoms with Gasteiger partial charge in [0.1, 0.15) is 16.2 Å². The number of rotatable bonds is 3. The van der Waals surface area contributed by atoms with Crippen LogP contribution in [0.15, 0.2) is 62.6 Å². The van der Waals surface area contributed by atoms with E-state index >= 15 is 0 Å². The van der Waals surface area contributed by atoms with Gasteiger partial charge in [-0.25, -0.2) is 4.79 Å². The lowest BCUT2D eigenvalue weighted by molar-refractivity contribution is 0.485. The molecule has 0 unspecified atom stereocenters. The molecule has 0 atom stereocenters. The van der Waals surface area contributed by atoms with Crippen molar-refractivity contribution in [2.75, 3.05) is 0 Å². The summed E-state index contributed by atoms with van der Waals surface area (Å²) in [4.78, 5) is 11.5. The largest absolute Gasteiger partial charge is 0.422 e. The third kappa shape index (κ3) is 3.23. The van der Waals surface area contributed by atoms with Crippen molar-refractivity contribution < 1.29 is 17.0 Å². The van der Waals surface area contributed by atoms with E-state index in [1.807, 2.05) is 0 Å². The molecular formula is C16H11ClO5S. The van der Waals surface area contributed by atoms with Gasteiger partial charge < -0.3 is 8.60 Å². The smallest absolute Gasteiger partial charge is 0.339 e. The molecule has 0 aliphatic heterocycles. The summed E-state index contributed by atoms with van der Waals surface area (Å²) in [5.74, 6) is 0.0550. The van der Waals surface area contributed by atoms with Gasteiger partial charge in [-0.05, 0) is 49.4 Å². The lowest BCUT2D eigenvalue weighted by atomic mass is 10.2. The third-order valence-electron chi connectivity index (χ3n) is 3.19. The Balaban J connectivity index is 1.99. The maximum absolute atomic E-state index is 12.2. The van der Waals surface area contributed by atoms with Crippen LogP contribution >= 0.6 is 11.6 Å². The first-order valence-electron chi connectivity index (χ1n) is 6.60. The van der Waals surface area contributed by atoms with Crippen LogP contribution < -0.4 is 9.81 Å². The third-order valence-corrected chi connectivity index (χ3v) is 4.70. The van der Waals surface area contributed by atoms with Gasteiger partial charge >= 0.3 is 15.7 Å². The van der Waals surface area contributed by atoms with E-state index < -0.39 is 15.7 Å². The predicted octanol–water partition coefficient (Wildman–Crippen LogP) is 3.52. The van der Waals surface area contributed by atoms with Gasteiger partial charge in [-0.3, -0.25) is 0 Å². The molecule has 0 fully saturated rings. The monoisotopic (exact) mass is 350 g/mol. The van der Waals surface area contributed by atoms with Crippen molar-refractivity contribution in [1.29, 1.82) is 0 Å². The van der Waals surface area contributed by atoms with E-state index in [2.05, 4.69) is 0 Å². The van der Waals surface area contributed by atoms with Crippen molar-refractivity contribution >= 4 is 32.7 Å². The van der Waals surface area contributed by atoms with Gasteiger partial charge in [0.15, 0.2) is 0 Å². The van der Waals surface area contributed by atoms with Gasteiger partial charge in [0, 0.05) is 22.0 Å². The normalized spacial score (nSPS) is 11.6. The van der Waals surface area contributed by atoms with Crippen LogP contribution in [-0.4, -0.2) is 8.42 Å².